The molecule has 32 heavy (non-hydrogen) atoms. The number of primary amides is 1. The monoisotopic (exact) mass is 436 g/mol. The number of carbonyl (C=O) groups is 4. The first-order valence-electron chi connectivity index (χ1n) is 10.7. The van der Waals surface area contributed by atoms with Gasteiger partial charge in [-0.2, -0.15) is 0 Å². The van der Waals surface area contributed by atoms with Crippen molar-refractivity contribution in [3.8, 4) is 0 Å². The Labute approximate surface area is 186 Å². The molecule has 8 heteroatoms. The van der Waals surface area contributed by atoms with Crippen LogP contribution in [0.4, 0.5) is 0 Å². The van der Waals surface area contributed by atoms with E-state index in [4.69, 9.17) is 5.73 Å². The number of aryl methyl sites for hydroxylation is 1. The summed E-state index contributed by atoms with van der Waals surface area (Å²) in [5.41, 5.74) is 7.49. The first kappa shape index (κ1) is 23.0. The van der Waals surface area contributed by atoms with Gasteiger partial charge in [0, 0.05) is 6.42 Å². The van der Waals surface area contributed by atoms with Gasteiger partial charge < -0.3 is 21.7 Å². The first-order valence-corrected chi connectivity index (χ1v) is 10.7. The summed E-state index contributed by atoms with van der Waals surface area (Å²) in [6.07, 6.45) is 1.91. The molecule has 0 bridgehead atoms. The largest absolute Gasteiger partial charge is 0.368 e. The van der Waals surface area contributed by atoms with Crippen molar-refractivity contribution in [3.05, 3.63) is 71.8 Å². The molecule has 0 radical (unpaired) electrons. The Bertz CT molecular complexity index is 949. The Balaban J connectivity index is 1.48. The fourth-order valence-electron chi connectivity index (χ4n) is 3.69. The van der Waals surface area contributed by atoms with Crippen LogP contribution in [0, 0.1) is 0 Å². The van der Waals surface area contributed by atoms with Crippen molar-refractivity contribution in [2.24, 2.45) is 5.73 Å². The zero-order valence-corrected chi connectivity index (χ0v) is 17.8. The maximum atomic E-state index is 12.4. The van der Waals surface area contributed by atoms with Crippen molar-refractivity contribution >= 4 is 23.6 Å². The SMILES string of the molecule is NC(=O)[C@@H](CCCc1ccccc1)NC(=O)C[C@@H]1NC(=O)[C@H](Cc2ccccc2)NC1=O. The summed E-state index contributed by atoms with van der Waals surface area (Å²) in [5, 5.41) is 7.87. The fraction of sp³-hybridized carbons (Fsp3) is 0.333. The number of carbonyl (C=O) groups excluding carboxylic acids is 4. The van der Waals surface area contributed by atoms with E-state index < -0.39 is 35.8 Å². The predicted molar refractivity (Wildman–Crippen MR) is 119 cm³/mol. The smallest absolute Gasteiger partial charge is 0.243 e. The number of nitrogens with two attached hydrogens (primary N) is 1. The number of piperazine rings is 1. The summed E-state index contributed by atoms with van der Waals surface area (Å²) in [4.78, 5) is 49.0. The van der Waals surface area contributed by atoms with Gasteiger partial charge in [0.1, 0.15) is 18.1 Å². The minimum atomic E-state index is -0.993. The Morgan fingerprint density at radius 2 is 1.44 bits per heavy atom. The van der Waals surface area contributed by atoms with Gasteiger partial charge in [-0.05, 0) is 30.4 Å². The van der Waals surface area contributed by atoms with Crippen LogP contribution in [0.3, 0.4) is 0 Å². The van der Waals surface area contributed by atoms with Crippen molar-refractivity contribution < 1.29 is 19.2 Å². The highest BCUT2D eigenvalue weighted by Gasteiger charge is 2.35. The molecular formula is C24H28N4O4. The molecule has 4 amide bonds. The summed E-state index contributed by atoms with van der Waals surface area (Å²) in [6, 6.07) is 16.6. The van der Waals surface area contributed by atoms with Gasteiger partial charge in [0.15, 0.2) is 0 Å². The van der Waals surface area contributed by atoms with Crippen LogP contribution in [0.1, 0.15) is 30.4 Å². The molecule has 0 aliphatic carbocycles. The lowest BCUT2D eigenvalue weighted by molar-refractivity contribution is -0.138. The van der Waals surface area contributed by atoms with E-state index in [1.807, 2.05) is 60.7 Å². The van der Waals surface area contributed by atoms with Gasteiger partial charge in [0.25, 0.3) is 0 Å². The molecule has 8 nitrogen and oxygen atoms in total. The Kier molecular flexibility index (Phi) is 7.96. The maximum absolute atomic E-state index is 12.4. The Morgan fingerprint density at radius 3 is 2.06 bits per heavy atom. The number of hydrogen-bond acceptors (Lipinski definition) is 4. The van der Waals surface area contributed by atoms with Crippen molar-refractivity contribution in [2.75, 3.05) is 0 Å². The Morgan fingerprint density at radius 1 is 0.875 bits per heavy atom. The highest BCUT2D eigenvalue weighted by Crippen LogP contribution is 2.10. The predicted octanol–water partition coefficient (Wildman–Crippen LogP) is 0.595. The lowest BCUT2D eigenvalue weighted by atomic mass is 10.0. The molecule has 1 fully saturated rings. The summed E-state index contributed by atoms with van der Waals surface area (Å²) in [5.74, 6) is -1.93. The van der Waals surface area contributed by atoms with Crippen molar-refractivity contribution in [2.45, 2.75) is 50.2 Å². The van der Waals surface area contributed by atoms with Gasteiger partial charge in [-0.3, -0.25) is 19.2 Å². The Hall–Kier alpha value is -3.68. The van der Waals surface area contributed by atoms with Crippen LogP contribution >= 0.6 is 0 Å². The summed E-state index contributed by atoms with van der Waals surface area (Å²) in [6.45, 7) is 0. The van der Waals surface area contributed by atoms with E-state index in [1.54, 1.807) is 0 Å². The van der Waals surface area contributed by atoms with E-state index in [-0.39, 0.29) is 12.3 Å². The highest BCUT2D eigenvalue weighted by molar-refractivity contribution is 5.99. The second-order valence-corrected chi connectivity index (χ2v) is 7.92. The van der Waals surface area contributed by atoms with Crippen LogP contribution in [-0.2, 0) is 32.0 Å². The van der Waals surface area contributed by atoms with E-state index in [9.17, 15) is 19.2 Å². The average molecular weight is 437 g/mol. The van der Waals surface area contributed by atoms with Gasteiger partial charge in [-0.1, -0.05) is 60.7 Å². The van der Waals surface area contributed by atoms with Gasteiger partial charge in [-0.25, -0.2) is 0 Å². The normalized spacial score (nSPS) is 18.9. The zero-order chi connectivity index (χ0) is 22.9. The van der Waals surface area contributed by atoms with Gasteiger partial charge in [0.2, 0.25) is 23.6 Å². The molecule has 3 rings (SSSR count). The standard InChI is InChI=1S/C24H28N4O4/c25-22(30)18(13-7-12-16-8-3-1-4-9-16)26-21(29)15-20-24(32)27-19(23(31)28-20)14-17-10-5-2-6-11-17/h1-6,8-11,18-20H,7,12-15H2,(H2,25,30)(H,26,29)(H,27,32)(H,28,31)/t18-,19+,20+/m1/s1. The third-order valence-corrected chi connectivity index (χ3v) is 5.42. The fourth-order valence-corrected chi connectivity index (χ4v) is 3.69. The topological polar surface area (TPSA) is 130 Å². The number of nitrogens with one attached hydrogen (secondary N) is 3. The summed E-state index contributed by atoms with van der Waals surface area (Å²) in [7, 11) is 0. The van der Waals surface area contributed by atoms with Crippen molar-refractivity contribution in [1.82, 2.24) is 16.0 Å². The van der Waals surface area contributed by atoms with E-state index in [2.05, 4.69) is 16.0 Å². The average Bonchev–Trinajstić information content (AvgIpc) is 2.78. The third-order valence-electron chi connectivity index (χ3n) is 5.42. The van der Waals surface area contributed by atoms with Crippen LogP contribution in [0.5, 0.6) is 0 Å². The van der Waals surface area contributed by atoms with E-state index in [0.717, 1.165) is 17.5 Å². The van der Waals surface area contributed by atoms with Gasteiger partial charge in [0.05, 0.1) is 6.42 Å². The van der Waals surface area contributed by atoms with E-state index >= 15 is 0 Å². The van der Waals surface area contributed by atoms with Crippen LogP contribution in [-0.4, -0.2) is 41.8 Å². The lowest BCUT2D eigenvalue weighted by Gasteiger charge is -2.29. The molecule has 0 saturated carbocycles. The molecule has 168 valence electrons. The van der Waals surface area contributed by atoms with E-state index in [1.165, 1.54) is 0 Å². The minimum Gasteiger partial charge on any atom is -0.368 e. The number of hydrogen-bond donors (Lipinski definition) is 4. The number of amides is 4. The van der Waals surface area contributed by atoms with E-state index in [0.29, 0.717) is 19.3 Å². The molecule has 1 aliphatic heterocycles. The molecule has 2 aromatic rings. The number of rotatable bonds is 10. The molecule has 0 unspecified atom stereocenters. The van der Waals surface area contributed by atoms with Gasteiger partial charge in [-0.15, -0.1) is 0 Å². The first-order chi connectivity index (χ1) is 15.4. The van der Waals surface area contributed by atoms with Crippen LogP contribution in [0.25, 0.3) is 0 Å². The second-order valence-electron chi connectivity index (χ2n) is 7.92. The zero-order valence-electron chi connectivity index (χ0n) is 17.8. The van der Waals surface area contributed by atoms with Crippen LogP contribution in [0.15, 0.2) is 60.7 Å². The molecule has 1 saturated heterocycles. The molecular weight excluding hydrogens is 408 g/mol. The molecule has 0 spiro atoms. The quantitative estimate of drug-likeness (QED) is 0.434. The second kappa shape index (κ2) is 11.1. The molecule has 5 N–H and O–H groups in total. The molecule has 1 aliphatic rings. The van der Waals surface area contributed by atoms with Crippen LogP contribution in [0.2, 0.25) is 0 Å². The molecule has 2 aromatic carbocycles. The summed E-state index contributed by atoms with van der Waals surface area (Å²) >= 11 is 0. The van der Waals surface area contributed by atoms with Crippen molar-refractivity contribution in [3.63, 3.8) is 0 Å². The van der Waals surface area contributed by atoms with Gasteiger partial charge >= 0.3 is 0 Å². The maximum Gasteiger partial charge on any atom is 0.243 e. The third kappa shape index (κ3) is 6.66. The molecule has 3 atom stereocenters. The summed E-state index contributed by atoms with van der Waals surface area (Å²) < 4.78 is 0. The lowest BCUT2D eigenvalue weighted by Crippen LogP contribution is -2.63. The highest BCUT2D eigenvalue weighted by atomic mass is 16.2. The minimum absolute atomic E-state index is 0.266. The van der Waals surface area contributed by atoms with Crippen LogP contribution < -0.4 is 21.7 Å². The number of benzene rings is 2. The van der Waals surface area contributed by atoms with Crippen molar-refractivity contribution in [1.29, 1.82) is 0 Å². The molecule has 0 aromatic heterocycles. The molecule has 1 heterocycles.